The second kappa shape index (κ2) is 7.85. The van der Waals surface area contributed by atoms with Gasteiger partial charge in [-0.15, -0.1) is 0 Å². The summed E-state index contributed by atoms with van der Waals surface area (Å²) in [6.07, 6.45) is 5.51. The highest BCUT2D eigenvalue weighted by Gasteiger charge is 2.23. The largest absolute Gasteiger partial charge is 0.465 e. The van der Waals surface area contributed by atoms with E-state index < -0.39 is 0 Å². The lowest BCUT2D eigenvalue weighted by atomic mass is 10.1. The third-order valence-electron chi connectivity index (χ3n) is 4.66. The van der Waals surface area contributed by atoms with Crippen LogP contribution in [0.1, 0.15) is 22.8 Å². The van der Waals surface area contributed by atoms with Crippen molar-refractivity contribution in [3.8, 4) is 0 Å². The van der Waals surface area contributed by atoms with Crippen molar-refractivity contribution in [1.82, 2.24) is 19.7 Å². The van der Waals surface area contributed by atoms with E-state index in [4.69, 9.17) is 9.15 Å². The number of hydrogen-bond acceptors (Lipinski definition) is 5. The molecule has 0 aliphatic carbocycles. The predicted molar refractivity (Wildman–Crippen MR) is 97.2 cm³/mol. The number of aryl methyl sites for hydroxylation is 1. The molecule has 0 amide bonds. The third kappa shape index (κ3) is 4.20. The molecule has 0 radical (unpaired) electrons. The Morgan fingerprint density at radius 1 is 1.19 bits per heavy atom. The fourth-order valence-electron chi connectivity index (χ4n) is 3.46. The normalized spacial score (nSPS) is 17.8. The summed E-state index contributed by atoms with van der Waals surface area (Å²) in [6.45, 7) is 6.78. The number of hydrogen-bond donors (Lipinski definition) is 0. The summed E-state index contributed by atoms with van der Waals surface area (Å²) in [7, 11) is 0. The Balaban J connectivity index is 1.40. The minimum Gasteiger partial charge on any atom is -0.465 e. The quantitative estimate of drug-likeness (QED) is 0.682. The minimum absolute atomic E-state index is 0.379. The van der Waals surface area contributed by atoms with Crippen molar-refractivity contribution in [2.24, 2.45) is 5.92 Å². The Morgan fingerprint density at radius 3 is 2.96 bits per heavy atom. The second-order valence-electron chi connectivity index (χ2n) is 6.93. The molecule has 3 aromatic rings. The van der Waals surface area contributed by atoms with E-state index in [1.165, 1.54) is 5.69 Å². The number of rotatable bonds is 6. The van der Waals surface area contributed by atoms with Gasteiger partial charge < -0.3 is 9.15 Å². The molecule has 1 aliphatic rings. The Labute approximate surface area is 153 Å². The summed E-state index contributed by atoms with van der Waals surface area (Å²) in [5.41, 5.74) is 2.34. The van der Waals surface area contributed by atoms with Gasteiger partial charge in [0.15, 0.2) is 0 Å². The third-order valence-corrected chi connectivity index (χ3v) is 4.66. The molecule has 0 fully saturated rings. The van der Waals surface area contributed by atoms with Crippen LogP contribution >= 0.6 is 0 Å². The number of fused-ring (bicyclic) bond motifs is 1. The molecule has 0 bridgehead atoms. The summed E-state index contributed by atoms with van der Waals surface area (Å²) in [6, 6.07) is 10.2. The molecular weight excluding hydrogens is 328 g/mol. The SMILES string of the molecule is Cc1ccc(CN2Cc3ccnn3CC(COCc3cccnc3)C2)o1. The highest BCUT2D eigenvalue weighted by molar-refractivity contribution is 5.08. The zero-order valence-corrected chi connectivity index (χ0v) is 15.0. The van der Waals surface area contributed by atoms with Crippen molar-refractivity contribution in [2.75, 3.05) is 13.2 Å². The average Bonchev–Trinajstić information content (AvgIpc) is 3.21. The Kier molecular flexibility index (Phi) is 5.13. The van der Waals surface area contributed by atoms with Gasteiger partial charge >= 0.3 is 0 Å². The Bertz CT molecular complexity index is 827. The summed E-state index contributed by atoms with van der Waals surface area (Å²) in [5, 5.41) is 4.48. The summed E-state index contributed by atoms with van der Waals surface area (Å²) in [5.74, 6) is 2.34. The van der Waals surface area contributed by atoms with E-state index in [9.17, 15) is 0 Å². The molecule has 0 spiro atoms. The molecule has 3 aromatic heterocycles. The van der Waals surface area contributed by atoms with E-state index in [0.717, 1.165) is 43.3 Å². The van der Waals surface area contributed by atoms with E-state index >= 15 is 0 Å². The second-order valence-corrected chi connectivity index (χ2v) is 6.93. The fourth-order valence-corrected chi connectivity index (χ4v) is 3.46. The van der Waals surface area contributed by atoms with E-state index in [1.54, 1.807) is 6.20 Å². The van der Waals surface area contributed by atoms with Gasteiger partial charge in [-0.1, -0.05) is 6.07 Å². The van der Waals surface area contributed by atoms with Gasteiger partial charge in [0.1, 0.15) is 11.5 Å². The minimum atomic E-state index is 0.379. The maximum atomic E-state index is 5.98. The monoisotopic (exact) mass is 352 g/mol. The van der Waals surface area contributed by atoms with Crippen molar-refractivity contribution >= 4 is 0 Å². The maximum absolute atomic E-state index is 5.98. The topological polar surface area (TPSA) is 56.3 Å². The Hall–Kier alpha value is -2.44. The number of aromatic nitrogens is 3. The van der Waals surface area contributed by atoms with Crippen LogP contribution < -0.4 is 0 Å². The van der Waals surface area contributed by atoms with Crippen molar-refractivity contribution in [1.29, 1.82) is 0 Å². The maximum Gasteiger partial charge on any atom is 0.118 e. The lowest BCUT2D eigenvalue weighted by Crippen LogP contribution is -2.30. The molecule has 0 N–H and O–H groups in total. The molecular formula is C20H24N4O2. The van der Waals surface area contributed by atoms with E-state index in [0.29, 0.717) is 19.1 Å². The summed E-state index contributed by atoms with van der Waals surface area (Å²) >= 11 is 0. The highest BCUT2D eigenvalue weighted by atomic mass is 16.5. The van der Waals surface area contributed by atoms with Crippen molar-refractivity contribution in [3.05, 3.63) is 71.7 Å². The predicted octanol–water partition coefficient (Wildman–Crippen LogP) is 3.03. The molecule has 1 unspecified atom stereocenters. The van der Waals surface area contributed by atoms with Crippen LogP contribution in [0, 0.1) is 12.8 Å². The smallest absolute Gasteiger partial charge is 0.118 e. The first-order chi connectivity index (χ1) is 12.8. The number of furan rings is 1. The van der Waals surface area contributed by atoms with Gasteiger partial charge in [0.05, 0.1) is 25.5 Å². The number of pyridine rings is 1. The fraction of sp³-hybridized carbons (Fsp3) is 0.400. The lowest BCUT2D eigenvalue weighted by Gasteiger charge is -2.23. The van der Waals surface area contributed by atoms with Crippen molar-refractivity contribution in [3.63, 3.8) is 0 Å². The molecule has 136 valence electrons. The van der Waals surface area contributed by atoms with Crippen molar-refractivity contribution in [2.45, 2.75) is 33.2 Å². The molecule has 0 aromatic carbocycles. The van der Waals surface area contributed by atoms with Crippen LogP contribution in [-0.2, 0) is 31.0 Å². The molecule has 0 saturated carbocycles. The Morgan fingerprint density at radius 2 is 2.15 bits per heavy atom. The van der Waals surface area contributed by atoms with Gasteiger partial charge in [0, 0.05) is 44.1 Å². The summed E-state index contributed by atoms with van der Waals surface area (Å²) in [4.78, 5) is 6.55. The van der Waals surface area contributed by atoms with Gasteiger partial charge in [0.25, 0.3) is 0 Å². The van der Waals surface area contributed by atoms with Crippen LogP contribution in [0.25, 0.3) is 0 Å². The first-order valence-corrected chi connectivity index (χ1v) is 9.01. The van der Waals surface area contributed by atoms with Crippen LogP contribution in [0.5, 0.6) is 0 Å². The molecule has 4 heterocycles. The highest BCUT2D eigenvalue weighted by Crippen LogP contribution is 2.19. The van der Waals surface area contributed by atoms with Gasteiger partial charge in [-0.05, 0) is 36.8 Å². The molecule has 26 heavy (non-hydrogen) atoms. The van der Waals surface area contributed by atoms with Crippen LogP contribution in [0.4, 0.5) is 0 Å². The standard InChI is InChI=1S/C20H24N4O2/c1-16-4-5-20(26-16)13-23-10-18(11-24-19(12-23)6-8-22-24)15-25-14-17-3-2-7-21-9-17/h2-9,18H,10-15H2,1H3. The zero-order valence-electron chi connectivity index (χ0n) is 15.0. The van der Waals surface area contributed by atoms with E-state index in [-0.39, 0.29) is 0 Å². The van der Waals surface area contributed by atoms with E-state index in [1.807, 2.05) is 37.5 Å². The van der Waals surface area contributed by atoms with Crippen LogP contribution in [-0.4, -0.2) is 32.8 Å². The molecule has 0 saturated heterocycles. The van der Waals surface area contributed by atoms with Gasteiger partial charge in [0.2, 0.25) is 0 Å². The first-order valence-electron chi connectivity index (χ1n) is 9.01. The van der Waals surface area contributed by atoms with Crippen molar-refractivity contribution < 1.29 is 9.15 Å². The molecule has 1 atom stereocenters. The van der Waals surface area contributed by atoms with Crippen LogP contribution in [0.2, 0.25) is 0 Å². The van der Waals surface area contributed by atoms with Crippen LogP contribution in [0.15, 0.2) is 53.3 Å². The van der Waals surface area contributed by atoms with E-state index in [2.05, 4.69) is 31.8 Å². The summed E-state index contributed by atoms with van der Waals surface area (Å²) < 4.78 is 13.8. The molecule has 4 rings (SSSR count). The average molecular weight is 352 g/mol. The molecule has 1 aliphatic heterocycles. The van der Waals surface area contributed by atoms with Gasteiger partial charge in [-0.2, -0.15) is 5.10 Å². The zero-order chi connectivity index (χ0) is 17.8. The van der Waals surface area contributed by atoms with Crippen LogP contribution in [0.3, 0.4) is 0 Å². The number of nitrogens with zero attached hydrogens (tertiary/aromatic N) is 4. The molecule has 6 heteroatoms. The first kappa shape index (κ1) is 17.0. The van der Waals surface area contributed by atoms with Gasteiger partial charge in [-0.25, -0.2) is 0 Å². The number of ether oxygens (including phenoxy) is 1. The lowest BCUT2D eigenvalue weighted by molar-refractivity contribution is 0.0644. The van der Waals surface area contributed by atoms with Gasteiger partial charge in [-0.3, -0.25) is 14.6 Å². The molecule has 6 nitrogen and oxygen atoms in total.